The summed E-state index contributed by atoms with van der Waals surface area (Å²) in [5, 5.41) is 3.00. The molecule has 0 atom stereocenters. The van der Waals surface area contributed by atoms with E-state index in [1.54, 1.807) is 11.0 Å². The van der Waals surface area contributed by atoms with Gasteiger partial charge < -0.3 is 15.1 Å². The smallest absolute Gasteiger partial charge is 0.368 e. The van der Waals surface area contributed by atoms with Crippen molar-refractivity contribution in [3.05, 3.63) is 29.8 Å². The van der Waals surface area contributed by atoms with Crippen LogP contribution in [0.5, 0.6) is 0 Å². The first-order chi connectivity index (χ1) is 10.9. The first kappa shape index (κ1) is 23.8. The van der Waals surface area contributed by atoms with E-state index in [-0.39, 0.29) is 30.7 Å². The predicted octanol–water partition coefficient (Wildman–Crippen LogP) is 3.20. The van der Waals surface area contributed by atoms with Crippen LogP contribution in [-0.4, -0.2) is 50.6 Å². The van der Waals surface area contributed by atoms with Crippen molar-refractivity contribution in [2.75, 3.05) is 44.7 Å². The van der Waals surface area contributed by atoms with E-state index >= 15 is 0 Å². The molecule has 1 amide bonds. The van der Waals surface area contributed by atoms with Crippen LogP contribution < -0.4 is 10.2 Å². The molecule has 1 fully saturated rings. The summed E-state index contributed by atoms with van der Waals surface area (Å²) in [5.74, 6) is 0.115. The number of anilines is 1. The van der Waals surface area contributed by atoms with E-state index in [2.05, 4.69) is 5.32 Å². The Labute approximate surface area is 158 Å². The number of nitrogens with one attached hydrogen (secondary N) is 1. The quantitative estimate of drug-likeness (QED) is 0.769. The Balaban J connectivity index is 0.00000288. The minimum atomic E-state index is -4.33. The Hall–Kier alpha value is -1.18. The van der Waals surface area contributed by atoms with Gasteiger partial charge in [0.05, 0.1) is 5.56 Å². The van der Waals surface area contributed by atoms with Crippen LogP contribution in [0, 0.1) is 0 Å². The molecule has 1 aliphatic rings. The van der Waals surface area contributed by atoms with Gasteiger partial charge in [0.2, 0.25) is 5.91 Å². The van der Waals surface area contributed by atoms with Gasteiger partial charge in [-0.3, -0.25) is 4.79 Å². The minimum absolute atomic E-state index is 0. The molecular weight excluding hydrogens is 378 g/mol. The lowest BCUT2D eigenvalue weighted by Gasteiger charge is -2.36. The highest BCUT2D eigenvalue weighted by Crippen LogP contribution is 2.31. The largest absolute Gasteiger partial charge is 0.416 e. The molecule has 1 heterocycles. The maximum atomic E-state index is 12.8. The van der Waals surface area contributed by atoms with E-state index < -0.39 is 11.7 Å². The summed E-state index contributed by atoms with van der Waals surface area (Å²) in [6, 6.07) is 5.35. The number of halogens is 5. The van der Waals surface area contributed by atoms with Gasteiger partial charge in [-0.1, -0.05) is 6.07 Å². The van der Waals surface area contributed by atoms with Crippen LogP contribution in [0.15, 0.2) is 24.3 Å². The Kier molecular flexibility index (Phi) is 10.2. The van der Waals surface area contributed by atoms with Crippen molar-refractivity contribution >= 4 is 36.4 Å². The van der Waals surface area contributed by atoms with Crippen LogP contribution in [0.2, 0.25) is 0 Å². The molecule has 0 unspecified atom stereocenters. The molecule has 0 spiro atoms. The fourth-order valence-electron chi connectivity index (χ4n) is 2.67. The number of rotatable bonds is 5. The Morgan fingerprint density at radius 3 is 2.36 bits per heavy atom. The molecule has 0 saturated carbocycles. The third-order valence-corrected chi connectivity index (χ3v) is 3.99. The molecule has 0 aromatic heterocycles. The van der Waals surface area contributed by atoms with Crippen LogP contribution in [-0.2, 0) is 11.0 Å². The molecule has 1 saturated heterocycles. The van der Waals surface area contributed by atoms with Gasteiger partial charge >= 0.3 is 6.18 Å². The molecule has 144 valence electrons. The summed E-state index contributed by atoms with van der Waals surface area (Å²) in [6.45, 7) is 3.01. The third kappa shape index (κ3) is 6.92. The molecule has 0 radical (unpaired) electrons. The number of alkyl halides is 3. The molecule has 9 heteroatoms. The molecule has 1 N–H and O–H groups in total. The minimum Gasteiger partial charge on any atom is -0.368 e. The Bertz CT molecular complexity index is 536. The number of piperazine rings is 1. The molecular formula is C16H24Cl2F3N3O. The van der Waals surface area contributed by atoms with Crippen LogP contribution in [0.25, 0.3) is 0 Å². The molecule has 0 bridgehead atoms. The molecule has 1 aromatic carbocycles. The topological polar surface area (TPSA) is 35.6 Å². The highest BCUT2D eigenvalue weighted by molar-refractivity contribution is 5.85. The number of carbonyl (C=O) groups excluding carboxylic acids is 1. The first-order valence-electron chi connectivity index (χ1n) is 7.76. The maximum Gasteiger partial charge on any atom is 0.416 e. The average Bonchev–Trinajstić information content (AvgIpc) is 2.54. The number of hydrogen-bond donors (Lipinski definition) is 1. The standard InChI is InChI=1S/C16H22F3N3O.2ClH/c1-20-7-3-6-15(23)22-10-8-21(9-11-22)14-5-2-4-13(12-14)16(17,18)19;;/h2,4-5,12,20H,3,6-11H2,1H3;2*1H. The van der Waals surface area contributed by atoms with Crippen molar-refractivity contribution < 1.29 is 18.0 Å². The van der Waals surface area contributed by atoms with Crippen LogP contribution in [0.4, 0.5) is 18.9 Å². The van der Waals surface area contributed by atoms with Gasteiger partial charge in [-0.2, -0.15) is 13.2 Å². The lowest BCUT2D eigenvalue weighted by molar-refractivity contribution is -0.137. The van der Waals surface area contributed by atoms with Crippen molar-refractivity contribution in [1.29, 1.82) is 0 Å². The number of carbonyl (C=O) groups is 1. The highest BCUT2D eigenvalue weighted by atomic mass is 35.5. The summed E-state index contributed by atoms with van der Waals surface area (Å²) in [7, 11) is 1.85. The van der Waals surface area contributed by atoms with Gasteiger partial charge in [0.1, 0.15) is 0 Å². The zero-order chi connectivity index (χ0) is 16.9. The number of hydrogen-bond acceptors (Lipinski definition) is 3. The summed E-state index contributed by atoms with van der Waals surface area (Å²) in [4.78, 5) is 15.7. The van der Waals surface area contributed by atoms with Gasteiger partial charge in [0, 0.05) is 38.3 Å². The van der Waals surface area contributed by atoms with E-state index in [1.807, 2.05) is 11.9 Å². The van der Waals surface area contributed by atoms with E-state index in [0.29, 0.717) is 38.3 Å². The highest BCUT2D eigenvalue weighted by Gasteiger charge is 2.31. The summed E-state index contributed by atoms with van der Waals surface area (Å²) in [5.41, 5.74) is -0.0809. The van der Waals surface area contributed by atoms with Crippen molar-refractivity contribution in [1.82, 2.24) is 10.2 Å². The second-order valence-electron chi connectivity index (χ2n) is 5.62. The van der Waals surface area contributed by atoms with E-state index in [1.165, 1.54) is 12.1 Å². The van der Waals surface area contributed by atoms with E-state index in [9.17, 15) is 18.0 Å². The first-order valence-corrected chi connectivity index (χ1v) is 7.76. The molecule has 0 aliphatic carbocycles. The zero-order valence-electron chi connectivity index (χ0n) is 14.0. The third-order valence-electron chi connectivity index (χ3n) is 3.99. The lowest BCUT2D eigenvalue weighted by atomic mass is 10.1. The normalized spacial score (nSPS) is 14.6. The Morgan fingerprint density at radius 1 is 1.16 bits per heavy atom. The molecule has 1 aliphatic heterocycles. The molecule has 2 rings (SSSR count). The zero-order valence-corrected chi connectivity index (χ0v) is 15.6. The summed E-state index contributed by atoms with van der Waals surface area (Å²) in [6.07, 6.45) is -3.03. The fourth-order valence-corrected chi connectivity index (χ4v) is 2.67. The van der Waals surface area contributed by atoms with E-state index in [0.717, 1.165) is 19.0 Å². The summed E-state index contributed by atoms with van der Waals surface area (Å²) >= 11 is 0. The van der Waals surface area contributed by atoms with Crippen LogP contribution in [0.3, 0.4) is 0 Å². The molecule has 25 heavy (non-hydrogen) atoms. The van der Waals surface area contributed by atoms with Gasteiger partial charge in [0.15, 0.2) is 0 Å². The van der Waals surface area contributed by atoms with Crippen molar-refractivity contribution in [3.63, 3.8) is 0 Å². The van der Waals surface area contributed by atoms with Gasteiger partial charge in [-0.05, 0) is 38.2 Å². The average molecular weight is 402 g/mol. The van der Waals surface area contributed by atoms with Gasteiger partial charge in [0.25, 0.3) is 0 Å². The van der Waals surface area contributed by atoms with Crippen LogP contribution in [0.1, 0.15) is 18.4 Å². The van der Waals surface area contributed by atoms with Crippen molar-refractivity contribution in [2.45, 2.75) is 19.0 Å². The number of nitrogens with zero attached hydrogens (tertiary/aromatic N) is 2. The number of amides is 1. The van der Waals surface area contributed by atoms with Crippen LogP contribution >= 0.6 is 24.8 Å². The van der Waals surface area contributed by atoms with Gasteiger partial charge in [-0.15, -0.1) is 24.8 Å². The fraction of sp³-hybridized carbons (Fsp3) is 0.562. The Morgan fingerprint density at radius 2 is 1.80 bits per heavy atom. The monoisotopic (exact) mass is 401 g/mol. The number of benzene rings is 1. The van der Waals surface area contributed by atoms with E-state index in [4.69, 9.17) is 0 Å². The second kappa shape index (κ2) is 10.7. The summed E-state index contributed by atoms with van der Waals surface area (Å²) < 4.78 is 38.3. The lowest BCUT2D eigenvalue weighted by Crippen LogP contribution is -2.48. The predicted molar refractivity (Wildman–Crippen MR) is 97.9 cm³/mol. The van der Waals surface area contributed by atoms with Gasteiger partial charge in [-0.25, -0.2) is 0 Å². The molecule has 4 nitrogen and oxygen atoms in total. The molecule has 1 aromatic rings. The van der Waals surface area contributed by atoms with Crippen molar-refractivity contribution in [3.8, 4) is 0 Å². The second-order valence-corrected chi connectivity index (χ2v) is 5.62. The maximum absolute atomic E-state index is 12.8. The van der Waals surface area contributed by atoms with Crippen molar-refractivity contribution in [2.24, 2.45) is 0 Å². The SMILES string of the molecule is CNCCCC(=O)N1CCN(c2cccc(C(F)(F)F)c2)CC1.Cl.Cl.